The zero-order valence-electron chi connectivity index (χ0n) is 11.5. The van der Waals surface area contributed by atoms with Gasteiger partial charge in [-0.2, -0.15) is 4.98 Å². The molecule has 1 aromatic rings. The molecule has 1 atom stereocenters. The van der Waals surface area contributed by atoms with Crippen LogP contribution in [0.5, 0.6) is 11.8 Å². The topological polar surface area (TPSA) is 86.5 Å². The first-order chi connectivity index (χ1) is 9.70. The molecule has 2 rings (SSSR count). The van der Waals surface area contributed by atoms with Gasteiger partial charge in [-0.05, 0) is 25.8 Å². The standard InChI is InChI=1S/C13H19N3O4/c1-19-12-6-5-11(16(17)18)13(15-12)20-9-7-10-4-2-3-8-14-10/h5-6,10,14H,2-4,7-9H2,1H3. The largest absolute Gasteiger partial charge is 0.481 e. The van der Waals surface area contributed by atoms with Crippen molar-refractivity contribution >= 4 is 5.69 Å². The molecular weight excluding hydrogens is 262 g/mol. The molecule has 0 bridgehead atoms. The minimum absolute atomic E-state index is 0.0187. The number of methoxy groups -OCH3 is 1. The summed E-state index contributed by atoms with van der Waals surface area (Å²) in [5, 5.41) is 14.3. The van der Waals surface area contributed by atoms with Gasteiger partial charge in [-0.3, -0.25) is 10.1 Å². The molecule has 7 heteroatoms. The van der Waals surface area contributed by atoms with Crippen molar-refractivity contribution in [2.45, 2.75) is 31.7 Å². The second-order valence-electron chi connectivity index (χ2n) is 4.72. The average molecular weight is 281 g/mol. The lowest BCUT2D eigenvalue weighted by molar-refractivity contribution is -0.386. The van der Waals surface area contributed by atoms with Crippen molar-refractivity contribution in [3.63, 3.8) is 0 Å². The van der Waals surface area contributed by atoms with Crippen molar-refractivity contribution in [3.05, 3.63) is 22.2 Å². The van der Waals surface area contributed by atoms with Crippen LogP contribution >= 0.6 is 0 Å². The van der Waals surface area contributed by atoms with E-state index in [4.69, 9.17) is 9.47 Å². The second kappa shape index (κ2) is 7.04. The molecule has 0 aromatic carbocycles. The Kier molecular flexibility index (Phi) is 5.11. The van der Waals surface area contributed by atoms with Crippen LogP contribution in [0.1, 0.15) is 25.7 Å². The van der Waals surface area contributed by atoms with E-state index in [2.05, 4.69) is 10.3 Å². The van der Waals surface area contributed by atoms with Gasteiger partial charge < -0.3 is 14.8 Å². The number of rotatable bonds is 6. The normalized spacial score (nSPS) is 18.6. The summed E-state index contributed by atoms with van der Waals surface area (Å²) in [4.78, 5) is 14.4. The van der Waals surface area contributed by atoms with E-state index in [9.17, 15) is 10.1 Å². The number of hydrogen-bond donors (Lipinski definition) is 1. The van der Waals surface area contributed by atoms with Gasteiger partial charge in [-0.15, -0.1) is 0 Å². The van der Waals surface area contributed by atoms with E-state index < -0.39 is 4.92 Å². The molecular formula is C13H19N3O4. The average Bonchev–Trinajstić information content (AvgIpc) is 2.48. The summed E-state index contributed by atoms with van der Waals surface area (Å²) < 4.78 is 10.4. The molecule has 0 amide bonds. The highest BCUT2D eigenvalue weighted by Gasteiger charge is 2.19. The van der Waals surface area contributed by atoms with Crippen LogP contribution in [0.2, 0.25) is 0 Å². The number of hydrogen-bond acceptors (Lipinski definition) is 6. The van der Waals surface area contributed by atoms with E-state index in [1.165, 1.54) is 32.1 Å². The van der Waals surface area contributed by atoms with Crippen LogP contribution in [-0.2, 0) is 0 Å². The van der Waals surface area contributed by atoms with E-state index in [0.29, 0.717) is 18.5 Å². The SMILES string of the molecule is COc1ccc([N+](=O)[O-])c(OCCC2CCCCN2)n1. The van der Waals surface area contributed by atoms with E-state index in [0.717, 1.165) is 19.4 Å². The fourth-order valence-electron chi connectivity index (χ4n) is 2.24. The molecule has 1 saturated heterocycles. The molecule has 110 valence electrons. The zero-order valence-corrected chi connectivity index (χ0v) is 11.5. The highest BCUT2D eigenvalue weighted by molar-refractivity contribution is 5.42. The molecule has 0 spiro atoms. The van der Waals surface area contributed by atoms with Crippen LogP contribution in [0.3, 0.4) is 0 Å². The van der Waals surface area contributed by atoms with Gasteiger partial charge in [-0.1, -0.05) is 6.42 Å². The van der Waals surface area contributed by atoms with Crippen LogP contribution in [0.4, 0.5) is 5.69 Å². The third kappa shape index (κ3) is 3.80. The lowest BCUT2D eigenvalue weighted by atomic mass is 10.0. The van der Waals surface area contributed by atoms with Crippen LogP contribution in [0, 0.1) is 10.1 Å². The summed E-state index contributed by atoms with van der Waals surface area (Å²) in [7, 11) is 1.46. The number of nitro groups is 1. The van der Waals surface area contributed by atoms with Crippen molar-refractivity contribution < 1.29 is 14.4 Å². The minimum atomic E-state index is -0.499. The first-order valence-corrected chi connectivity index (χ1v) is 6.76. The molecule has 2 heterocycles. The van der Waals surface area contributed by atoms with Gasteiger partial charge in [0.25, 0.3) is 5.88 Å². The smallest absolute Gasteiger partial charge is 0.331 e. The van der Waals surface area contributed by atoms with E-state index >= 15 is 0 Å². The Bertz CT molecular complexity index is 461. The number of pyridine rings is 1. The van der Waals surface area contributed by atoms with Crippen LogP contribution in [0.15, 0.2) is 12.1 Å². The molecule has 0 saturated carbocycles. The summed E-state index contributed by atoms with van der Waals surface area (Å²) in [5.74, 6) is 0.326. The van der Waals surface area contributed by atoms with Gasteiger partial charge in [0.15, 0.2) is 0 Å². The Morgan fingerprint density at radius 2 is 2.35 bits per heavy atom. The Morgan fingerprint density at radius 3 is 3.00 bits per heavy atom. The van der Waals surface area contributed by atoms with Gasteiger partial charge in [0, 0.05) is 18.2 Å². The highest BCUT2D eigenvalue weighted by atomic mass is 16.6. The molecule has 7 nitrogen and oxygen atoms in total. The number of nitrogens with one attached hydrogen (secondary N) is 1. The first kappa shape index (κ1) is 14.5. The predicted octanol–water partition coefficient (Wildman–Crippen LogP) is 1.91. The van der Waals surface area contributed by atoms with Gasteiger partial charge in [0.05, 0.1) is 18.6 Å². The van der Waals surface area contributed by atoms with Crippen LogP contribution < -0.4 is 14.8 Å². The molecule has 1 N–H and O–H groups in total. The minimum Gasteiger partial charge on any atom is -0.481 e. The number of ether oxygens (including phenoxy) is 2. The molecule has 1 aliphatic heterocycles. The fraction of sp³-hybridized carbons (Fsp3) is 0.615. The van der Waals surface area contributed by atoms with Crippen molar-refractivity contribution in [1.29, 1.82) is 0 Å². The predicted molar refractivity (Wildman–Crippen MR) is 73.2 cm³/mol. The van der Waals surface area contributed by atoms with Gasteiger partial charge in [0.1, 0.15) is 0 Å². The molecule has 20 heavy (non-hydrogen) atoms. The number of nitrogens with zero attached hydrogens (tertiary/aromatic N) is 2. The van der Waals surface area contributed by atoms with Crippen molar-refractivity contribution in [2.75, 3.05) is 20.3 Å². The summed E-state index contributed by atoms with van der Waals surface area (Å²) >= 11 is 0. The third-order valence-electron chi connectivity index (χ3n) is 3.34. The Balaban J connectivity index is 1.94. The highest BCUT2D eigenvalue weighted by Crippen LogP contribution is 2.27. The molecule has 1 aromatic heterocycles. The maximum absolute atomic E-state index is 10.9. The Hall–Kier alpha value is -1.89. The quantitative estimate of drug-likeness (QED) is 0.633. The van der Waals surface area contributed by atoms with Crippen LogP contribution in [0.25, 0.3) is 0 Å². The van der Waals surface area contributed by atoms with Gasteiger partial charge >= 0.3 is 5.69 Å². The molecule has 1 aliphatic rings. The first-order valence-electron chi connectivity index (χ1n) is 6.76. The Morgan fingerprint density at radius 1 is 1.50 bits per heavy atom. The van der Waals surface area contributed by atoms with E-state index in [1.807, 2.05) is 0 Å². The molecule has 0 radical (unpaired) electrons. The number of piperidine rings is 1. The maximum atomic E-state index is 10.9. The third-order valence-corrected chi connectivity index (χ3v) is 3.34. The molecule has 1 fully saturated rings. The summed E-state index contributed by atoms with van der Waals surface area (Å²) in [6.07, 6.45) is 4.36. The van der Waals surface area contributed by atoms with Crippen LogP contribution in [-0.4, -0.2) is 36.2 Å². The lowest BCUT2D eigenvalue weighted by Crippen LogP contribution is -2.35. The molecule has 0 aliphatic carbocycles. The van der Waals surface area contributed by atoms with Crippen molar-refractivity contribution in [1.82, 2.24) is 10.3 Å². The summed E-state index contributed by atoms with van der Waals surface area (Å²) in [6, 6.07) is 3.22. The van der Waals surface area contributed by atoms with Gasteiger partial charge in [-0.25, -0.2) is 0 Å². The fourth-order valence-corrected chi connectivity index (χ4v) is 2.24. The monoisotopic (exact) mass is 281 g/mol. The van der Waals surface area contributed by atoms with E-state index in [-0.39, 0.29) is 11.6 Å². The summed E-state index contributed by atoms with van der Waals surface area (Å²) in [6.45, 7) is 1.43. The van der Waals surface area contributed by atoms with E-state index in [1.54, 1.807) is 0 Å². The second-order valence-corrected chi connectivity index (χ2v) is 4.72. The van der Waals surface area contributed by atoms with Gasteiger partial charge in [0.2, 0.25) is 5.88 Å². The van der Waals surface area contributed by atoms with Crippen molar-refractivity contribution in [2.24, 2.45) is 0 Å². The van der Waals surface area contributed by atoms with Crippen molar-refractivity contribution in [3.8, 4) is 11.8 Å². The lowest BCUT2D eigenvalue weighted by Gasteiger charge is -2.23. The molecule has 1 unspecified atom stereocenters. The summed E-state index contributed by atoms with van der Waals surface area (Å²) in [5.41, 5.74) is -0.137. The maximum Gasteiger partial charge on any atom is 0.331 e. The zero-order chi connectivity index (χ0) is 14.4. The Labute approximate surface area is 117 Å². The number of aromatic nitrogens is 1.